The summed E-state index contributed by atoms with van der Waals surface area (Å²) >= 11 is 7.47. The van der Waals surface area contributed by atoms with Crippen molar-refractivity contribution >= 4 is 51.7 Å². The van der Waals surface area contributed by atoms with Crippen molar-refractivity contribution in [3.63, 3.8) is 0 Å². The monoisotopic (exact) mass is 550 g/mol. The second-order valence-corrected chi connectivity index (χ2v) is 10.3. The Morgan fingerprint density at radius 3 is 2.63 bits per heavy atom. The van der Waals surface area contributed by atoms with E-state index in [0.29, 0.717) is 34.7 Å². The molecule has 2 heterocycles. The summed E-state index contributed by atoms with van der Waals surface area (Å²) in [6.45, 7) is 2.45. The van der Waals surface area contributed by atoms with Gasteiger partial charge in [-0.15, -0.1) is 0 Å². The van der Waals surface area contributed by atoms with Crippen LogP contribution in [0.25, 0.3) is 0 Å². The summed E-state index contributed by atoms with van der Waals surface area (Å²) in [7, 11) is 0. The molecular formula is C28H24ClFN4O3S. The molecule has 2 aliphatic heterocycles. The number of carbonyl (C=O) groups excluding carboxylic acids is 2. The molecule has 0 bridgehead atoms. The lowest BCUT2D eigenvalue weighted by molar-refractivity contribution is -0.121. The maximum atomic E-state index is 13.5. The topological polar surface area (TPSA) is 83.4 Å². The molecule has 0 fully saturated rings. The van der Waals surface area contributed by atoms with Gasteiger partial charge in [-0.1, -0.05) is 47.6 Å². The van der Waals surface area contributed by atoms with Crippen molar-refractivity contribution in [2.75, 3.05) is 11.9 Å². The predicted molar refractivity (Wildman–Crippen MR) is 148 cm³/mol. The average molecular weight is 551 g/mol. The number of nitrogens with one attached hydrogen (secondary N) is 1. The van der Waals surface area contributed by atoms with Gasteiger partial charge in [-0.3, -0.25) is 9.59 Å². The number of nitrogens with zero attached hydrogens (tertiary/aromatic N) is 3. The van der Waals surface area contributed by atoms with E-state index in [1.54, 1.807) is 47.5 Å². The molecule has 1 N–H and O–H groups in total. The predicted octanol–water partition coefficient (Wildman–Crippen LogP) is 6.06. The molecule has 2 atom stereocenters. The van der Waals surface area contributed by atoms with Crippen molar-refractivity contribution < 1.29 is 18.7 Å². The first-order valence-corrected chi connectivity index (χ1v) is 13.4. The minimum atomic E-state index is -0.669. The van der Waals surface area contributed by atoms with Crippen LogP contribution in [-0.4, -0.2) is 39.6 Å². The second kappa shape index (κ2) is 11.4. The summed E-state index contributed by atoms with van der Waals surface area (Å²) in [4.78, 5) is 29.7. The number of benzene rings is 3. The van der Waals surface area contributed by atoms with Gasteiger partial charge in [-0.25, -0.2) is 9.40 Å². The van der Waals surface area contributed by atoms with Crippen LogP contribution in [0.1, 0.15) is 36.9 Å². The van der Waals surface area contributed by atoms with Crippen molar-refractivity contribution in [1.82, 2.24) is 5.01 Å². The quantitative estimate of drug-likeness (QED) is 0.387. The van der Waals surface area contributed by atoms with Gasteiger partial charge >= 0.3 is 0 Å². The first-order valence-electron chi connectivity index (χ1n) is 12.1. The zero-order valence-corrected chi connectivity index (χ0v) is 22.0. The summed E-state index contributed by atoms with van der Waals surface area (Å²) in [5, 5.41) is 9.62. The SMILES string of the molecule is CCOc1ccc(NC(=O)C[C@@H]2SC(N3N=C(c4ccc(F)cc4)C[C@@H]3c3cccc(Cl)c3)=NC2=O)cc1. The maximum Gasteiger partial charge on any atom is 0.262 e. The summed E-state index contributed by atoms with van der Waals surface area (Å²) in [5.41, 5.74) is 3.04. The number of hydrogen-bond acceptors (Lipinski definition) is 6. The molecule has 10 heteroatoms. The molecule has 3 aromatic carbocycles. The Labute approximate surface area is 228 Å². The van der Waals surface area contributed by atoms with E-state index in [1.165, 1.54) is 23.9 Å². The van der Waals surface area contributed by atoms with E-state index >= 15 is 0 Å². The van der Waals surface area contributed by atoms with Crippen LogP contribution in [0, 0.1) is 5.82 Å². The van der Waals surface area contributed by atoms with Crippen LogP contribution in [0.4, 0.5) is 10.1 Å². The molecule has 3 aromatic rings. The van der Waals surface area contributed by atoms with Gasteiger partial charge in [0.25, 0.3) is 5.91 Å². The van der Waals surface area contributed by atoms with E-state index in [4.69, 9.17) is 21.4 Å². The second-order valence-electron chi connectivity index (χ2n) is 8.72. The van der Waals surface area contributed by atoms with Gasteiger partial charge in [0, 0.05) is 23.6 Å². The fourth-order valence-electron chi connectivity index (χ4n) is 4.26. The number of carbonyl (C=O) groups is 2. The largest absolute Gasteiger partial charge is 0.494 e. The van der Waals surface area contributed by atoms with Crippen LogP contribution in [0.15, 0.2) is 82.9 Å². The molecule has 2 amide bonds. The van der Waals surface area contributed by atoms with Crippen molar-refractivity contribution in [3.8, 4) is 5.75 Å². The van der Waals surface area contributed by atoms with E-state index < -0.39 is 5.25 Å². The highest BCUT2D eigenvalue weighted by Gasteiger charge is 2.39. The molecule has 0 radical (unpaired) electrons. The third kappa shape index (κ3) is 5.89. The molecule has 194 valence electrons. The molecule has 0 aliphatic carbocycles. The Morgan fingerprint density at radius 1 is 1.16 bits per heavy atom. The number of thioether (sulfide) groups is 1. The number of halogens is 2. The van der Waals surface area contributed by atoms with Gasteiger partial charge in [-0.05, 0) is 66.6 Å². The summed E-state index contributed by atoms with van der Waals surface area (Å²) in [5.74, 6) is -0.296. The van der Waals surface area contributed by atoms with E-state index in [1.807, 2.05) is 25.1 Å². The Kier molecular flexibility index (Phi) is 7.76. The minimum absolute atomic E-state index is 0.0338. The highest BCUT2D eigenvalue weighted by Crippen LogP contribution is 2.39. The first-order chi connectivity index (χ1) is 18.4. The third-order valence-corrected chi connectivity index (χ3v) is 7.44. The lowest BCUT2D eigenvalue weighted by atomic mass is 9.98. The van der Waals surface area contributed by atoms with Crippen LogP contribution in [0.5, 0.6) is 5.75 Å². The number of ether oxygens (including phenoxy) is 1. The molecule has 5 rings (SSSR count). The van der Waals surface area contributed by atoms with Gasteiger partial charge in [-0.2, -0.15) is 10.1 Å². The van der Waals surface area contributed by atoms with Crippen LogP contribution < -0.4 is 10.1 Å². The summed E-state index contributed by atoms with van der Waals surface area (Å²) in [6.07, 6.45) is 0.483. The Bertz CT molecular complexity index is 1410. The molecule has 38 heavy (non-hydrogen) atoms. The number of amides is 2. The highest BCUT2D eigenvalue weighted by atomic mass is 35.5. The summed E-state index contributed by atoms with van der Waals surface area (Å²) < 4.78 is 18.9. The zero-order valence-electron chi connectivity index (χ0n) is 20.4. The van der Waals surface area contributed by atoms with Gasteiger partial charge < -0.3 is 10.1 Å². The van der Waals surface area contributed by atoms with E-state index in [9.17, 15) is 14.0 Å². The maximum absolute atomic E-state index is 13.5. The molecule has 7 nitrogen and oxygen atoms in total. The summed E-state index contributed by atoms with van der Waals surface area (Å²) in [6, 6.07) is 20.4. The molecule has 0 spiro atoms. The average Bonchev–Trinajstić information content (AvgIpc) is 3.50. The molecule has 0 saturated heterocycles. The Balaban J connectivity index is 1.31. The van der Waals surface area contributed by atoms with Crippen LogP contribution in [0.3, 0.4) is 0 Å². The van der Waals surface area contributed by atoms with Gasteiger partial charge in [0.15, 0.2) is 5.17 Å². The molecule has 0 aromatic heterocycles. The van der Waals surface area contributed by atoms with Crippen molar-refractivity contribution in [3.05, 3.63) is 94.8 Å². The van der Waals surface area contributed by atoms with Gasteiger partial charge in [0.1, 0.15) is 16.8 Å². The minimum Gasteiger partial charge on any atom is -0.494 e. The smallest absolute Gasteiger partial charge is 0.262 e. The van der Waals surface area contributed by atoms with E-state index in [-0.39, 0.29) is 30.1 Å². The lowest BCUT2D eigenvalue weighted by Gasteiger charge is -2.23. The van der Waals surface area contributed by atoms with Crippen molar-refractivity contribution in [1.29, 1.82) is 0 Å². The van der Waals surface area contributed by atoms with Crippen molar-refractivity contribution in [2.45, 2.75) is 31.1 Å². The van der Waals surface area contributed by atoms with Crippen LogP contribution >= 0.6 is 23.4 Å². The van der Waals surface area contributed by atoms with Gasteiger partial charge in [0.2, 0.25) is 5.91 Å². The van der Waals surface area contributed by atoms with E-state index in [0.717, 1.165) is 16.8 Å². The van der Waals surface area contributed by atoms with E-state index in [2.05, 4.69) is 10.3 Å². The number of rotatable bonds is 7. The number of hydrogen-bond donors (Lipinski definition) is 1. The number of anilines is 1. The number of aliphatic imine (C=N–C) groups is 1. The lowest BCUT2D eigenvalue weighted by Crippen LogP contribution is -2.25. The Hall–Kier alpha value is -3.69. The van der Waals surface area contributed by atoms with Gasteiger partial charge in [0.05, 0.1) is 18.4 Å². The highest BCUT2D eigenvalue weighted by molar-refractivity contribution is 8.15. The number of amidine groups is 1. The zero-order chi connectivity index (χ0) is 26.6. The standard InChI is InChI=1S/C28H24ClFN4O3S/c1-2-37-22-12-10-21(11-13-22)31-26(35)16-25-27(36)32-28(38-25)34-24(18-4-3-5-19(29)14-18)15-23(33-34)17-6-8-20(30)9-7-17/h3-14,24-25H,2,15-16H2,1H3,(H,31,35)/t24-,25+/m1/s1. The van der Waals surface area contributed by atoms with Crippen LogP contribution in [-0.2, 0) is 9.59 Å². The molecule has 0 unspecified atom stereocenters. The molecular weight excluding hydrogens is 527 g/mol. The fraction of sp³-hybridized carbons (Fsp3) is 0.214. The van der Waals surface area contributed by atoms with Crippen LogP contribution in [0.2, 0.25) is 5.02 Å². The molecule has 0 saturated carbocycles. The normalized spacial score (nSPS) is 18.8. The number of hydrazone groups is 1. The molecule has 2 aliphatic rings. The van der Waals surface area contributed by atoms with Crippen molar-refractivity contribution in [2.24, 2.45) is 10.1 Å². The first kappa shape index (κ1) is 25.9. The Morgan fingerprint density at radius 2 is 1.92 bits per heavy atom. The fourth-order valence-corrected chi connectivity index (χ4v) is 5.52. The third-order valence-electron chi connectivity index (χ3n) is 6.07.